The third-order valence-electron chi connectivity index (χ3n) is 5.66. The standard InChI is InChI=1S/C24H27FN4O/c1-2-3-6-11-26-19-15-29(16-19)24(30)21-12-17(9-10-22(21)25)13-23-20-8-5-4-7-18(20)14-27-28-23/h4-5,7-10,12,14,19,26H,2-3,6,11,13,15-16H2,1H3. The van der Waals surface area contributed by atoms with Gasteiger partial charge in [0.05, 0.1) is 17.5 Å². The van der Waals surface area contributed by atoms with Crippen LogP contribution in [0.5, 0.6) is 0 Å². The lowest BCUT2D eigenvalue weighted by Gasteiger charge is -2.40. The fourth-order valence-electron chi connectivity index (χ4n) is 3.88. The van der Waals surface area contributed by atoms with Gasteiger partial charge in [-0.15, -0.1) is 0 Å². The van der Waals surface area contributed by atoms with Crippen LogP contribution in [0.1, 0.15) is 47.8 Å². The number of benzene rings is 2. The molecule has 0 atom stereocenters. The molecule has 1 saturated heterocycles. The average molecular weight is 407 g/mol. The minimum atomic E-state index is -0.480. The molecule has 30 heavy (non-hydrogen) atoms. The number of unbranched alkanes of at least 4 members (excludes halogenated alkanes) is 2. The minimum Gasteiger partial charge on any atom is -0.335 e. The van der Waals surface area contributed by atoms with Crippen LogP contribution in [0.15, 0.2) is 48.7 Å². The summed E-state index contributed by atoms with van der Waals surface area (Å²) in [4.78, 5) is 14.5. The van der Waals surface area contributed by atoms with Crippen molar-refractivity contribution in [3.05, 3.63) is 71.3 Å². The van der Waals surface area contributed by atoms with Crippen molar-refractivity contribution < 1.29 is 9.18 Å². The summed E-state index contributed by atoms with van der Waals surface area (Å²) in [5.41, 5.74) is 1.80. The van der Waals surface area contributed by atoms with Crippen molar-refractivity contribution in [1.29, 1.82) is 0 Å². The number of hydrogen-bond donors (Lipinski definition) is 1. The molecule has 0 unspecified atom stereocenters. The van der Waals surface area contributed by atoms with Crippen LogP contribution in [0, 0.1) is 5.82 Å². The lowest BCUT2D eigenvalue weighted by Crippen LogP contribution is -2.60. The molecule has 0 bridgehead atoms. The van der Waals surface area contributed by atoms with Gasteiger partial charge in [0.15, 0.2) is 0 Å². The maximum absolute atomic E-state index is 14.4. The first-order chi connectivity index (χ1) is 14.7. The number of rotatable bonds is 8. The van der Waals surface area contributed by atoms with Crippen LogP contribution in [0.3, 0.4) is 0 Å². The van der Waals surface area contributed by atoms with E-state index in [-0.39, 0.29) is 11.5 Å². The normalized spacial score (nSPS) is 14.1. The molecule has 0 radical (unpaired) electrons. The zero-order valence-corrected chi connectivity index (χ0v) is 17.3. The van der Waals surface area contributed by atoms with Crippen LogP contribution in [0.2, 0.25) is 0 Å². The van der Waals surface area contributed by atoms with Crippen LogP contribution < -0.4 is 5.32 Å². The van der Waals surface area contributed by atoms with Crippen molar-refractivity contribution in [3.8, 4) is 0 Å². The molecular formula is C24H27FN4O. The summed E-state index contributed by atoms with van der Waals surface area (Å²) in [7, 11) is 0. The maximum Gasteiger partial charge on any atom is 0.256 e. The van der Waals surface area contributed by atoms with Crippen molar-refractivity contribution in [1.82, 2.24) is 20.4 Å². The Kier molecular flexibility index (Phi) is 6.33. The third kappa shape index (κ3) is 4.49. The summed E-state index contributed by atoms with van der Waals surface area (Å²) in [6.45, 7) is 4.41. The van der Waals surface area contributed by atoms with Gasteiger partial charge in [-0.2, -0.15) is 10.2 Å². The highest BCUT2D eigenvalue weighted by Gasteiger charge is 2.32. The number of nitrogens with zero attached hydrogens (tertiary/aromatic N) is 3. The first kappa shape index (κ1) is 20.4. The van der Waals surface area contributed by atoms with Gasteiger partial charge in [-0.1, -0.05) is 50.1 Å². The highest BCUT2D eigenvalue weighted by Crippen LogP contribution is 2.22. The number of amides is 1. The van der Waals surface area contributed by atoms with Crippen LogP contribution >= 0.6 is 0 Å². The molecule has 1 aliphatic rings. The molecule has 1 fully saturated rings. The van der Waals surface area contributed by atoms with Crippen LogP contribution in [-0.4, -0.2) is 46.7 Å². The van der Waals surface area contributed by atoms with Gasteiger partial charge in [-0.25, -0.2) is 4.39 Å². The van der Waals surface area contributed by atoms with Crippen molar-refractivity contribution >= 4 is 16.7 Å². The first-order valence-electron chi connectivity index (χ1n) is 10.7. The van der Waals surface area contributed by atoms with Gasteiger partial charge < -0.3 is 10.2 Å². The van der Waals surface area contributed by atoms with E-state index in [2.05, 4.69) is 22.4 Å². The largest absolute Gasteiger partial charge is 0.335 e. The minimum absolute atomic E-state index is 0.130. The molecule has 4 rings (SSSR count). The highest BCUT2D eigenvalue weighted by atomic mass is 19.1. The first-order valence-corrected chi connectivity index (χ1v) is 10.7. The quantitative estimate of drug-likeness (QED) is 0.575. The zero-order chi connectivity index (χ0) is 20.9. The van der Waals surface area contributed by atoms with E-state index in [0.717, 1.165) is 35.0 Å². The molecule has 156 valence electrons. The molecule has 2 heterocycles. The molecule has 1 aromatic heterocycles. The second-order valence-electron chi connectivity index (χ2n) is 7.94. The lowest BCUT2D eigenvalue weighted by molar-refractivity contribution is 0.0562. The Bertz CT molecular complexity index is 1030. The topological polar surface area (TPSA) is 58.1 Å². The second kappa shape index (κ2) is 9.30. The predicted molar refractivity (Wildman–Crippen MR) is 116 cm³/mol. The number of carbonyl (C=O) groups excluding carboxylic acids is 1. The van der Waals surface area contributed by atoms with Crippen LogP contribution in [0.4, 0.5) is 4.39 Å². The molecule has 3 aromatic rings. The Morgan fingerprint density at radius 3 is 2.87 bits per heavy atom. The number of likely N-dealkylation sites (tertiary alicyclic amines) is 1. The Hall–Kier alpha value is -2.86. The van der Waals surface area contributed by atoms with Gasteiger partial charge in [0.25, 0.3) is 5.91 Å². The SMILES string of the molecule is CCCCCNC1CN(C(=O)c2cc(Cc3nncc4ccccc34)ccc2F)C1. The average Bonchev–Trinajstić information content (AvgIpc) is 2.73. The van der Waals surface area contributed by atoms with Crippen molar-refractivity contribution in [2.75, 3.05) is 19.6 Å². The number of aromatic nitrogens is 2. The van der Waals surface area contributed by atoms with Gasteiger partial charge in [0.1, 0.15) is 5.82 Å². The monoisotopic (exact) mass is 406 g/mol. The van der Waals surface area contributed by atoms with E-state index in [9.17, 15) is 9.18 Å². The van der Waals surface area contributed by atoms with Gasteiger partial charge >= 0.3 is 0 Å². The Labute approximate surface area is 176 Å². The summed E-state index contributed by atoms with van der Waals surface area (Å²) in [6, 6.07) is 13.0. The van der Waals surface area contributed by atoms with Crippen LogP contribution in [-0.2, 0) is 6.42 Å². The molecule has 2 aromatic carbocycles. The van der Waals surface area contributed by atoms with Crippen molar-refractivity contribution in [2.24, 2.45) is 0 Å². The van der Waals surface area contributed by atoms with Crippen LogP contribution in [0.25, 0.3) is 10.8 Å². The number of hydrogen-bond acceptors (Lipinski definition) is 4. The molecule has 1 aliphatic heterocycles. The number of fused-ring (bicyclic) bond motifs is 1. The van der Waals surface area contributed by atoms with Gasteiger partial charge in [-0.05, 0) is 30.7 Å². The summed E-state index contributed by atoms with van der Waals surface area (Å²) in [5.74, 6) is -0.725. The Balaban J connectivity index is 1.43. The van der Waals surface area contributed by atoms with Gasteiger partial charge in [-0.3, -0.25) is 4.79 Å². The second-order valence-corrected chi connectivity index (χ2v) is 7.94. The van der Waals surface area contributed by atoms with Gasteiger partial charge in [0, 0.05) is 36.3 Å². The van der Waals surface area contributed by atoms with E-state index >= 15 is 0 Å². The fourth-order valence-corrected chi connectivity index (χ4v) is 3.88. The molecule has 1 amide bonds. The molecule has 5 nitrogen and oxygen atoms in total. The van der Waals surface area contributed by atoms with E-state index in [1.54, 1.807) is 23.2 Å². The summed E-state index contributed by atoms with van der Waals surface area (Å²) < 4.78 is 14.4. The van der Waals surface area contributed by atoms with E-state index < -0.39 is 5.82 Å². The molecule has 1 N–H and O–H groups in total. The molecular weight excluding hydrogens is 379 g/mol. The maximum atomic E-state index is 14.4. The van der Waals surface area contributed by atoms with Gasteiger partial charge in [0.2, 0.25) is 0 Å². The molecule has 0 saturated carbocycles. The number of carbonyl (C=O) groups is 1. The predicted octanol–water partition coefficient (Wildman–Crippen LogP) is 3.96. The van der Waals surface area contributed by atoms with E-state index in [0.29, 0.717) is 25.6 Å². The summed E-state index contributed by atoms with van der Waals surface area (Å²) in [5, 5.41) is 13.8. The smallest absolute Gasteiger partial charge is 0.256 e. The third-order valence-corrected chi connectivity index (χ3v) is 5.66. The number of nitrogens with one attached hydrogen (secondary N) is 1. The van der Waals surface area contributed by atoms with E-state index in [4.69, 9.17) is 0 Å². The molecule has 0 aliphatic carbocycles. The van der Waals surface area contributed by atoms with E-state index in [1.807, 2.05) is 24.3 Å². The van der Waals surface area contributed by atoms with E-state index in [1.165, 1.54) is 18.9 Å². The molecule has 0 spiro atoms. The van der Waals surface area contributed by atoms with Crippen molar-refractivity contribution in [3.63, 3.8) is 0 Å². The highest BCUT2D eigenvalue weighted by molar-refractivity contribution is 5.95. The zero-order valence-electron chi connectivity index (χ0n) is 17.3. The summed E-state index contributed by atoms with van der Waals surface area (Å²) >= 11 is 0. The molecule has 6 heteroatoms. The number of halogens is 1. The summed E-state index contributed by atoms with van der Waals surface area (Å²) in [6.07, 6.45) is 5.78. The Morgan fingerprint density at radius 2 is 2.03 bits per heavy atom. The van der Waals surface area contributed by atoms with Crippen molar-refractivity contribution in [2.45, 2.75) is 38.6 Å². The Morgan fingerprint density at radius 1 is 1.20 bits per heavy atom. The fraction of sp³-hybridized carbons (Fsp3) is 0.375. The lowest BCUT2D eigenvalue weighted by atomic mass is 10.0.